The monoisotopic (exact) mass is 373 g/mol. The smallest absolute Gasteiger partial charge is 0.241 e. The molecule has 2 N–H and O–H groups in total. The second-order valence-corrected chi connectivity index (χ2v) is 7.98. The fourth-order valence-electron chi connectivity index (χ4n) is 3.21. The zero-order valence-electron chi connectivity index (χ0n) is 14.8. The molecule has 0 saturated heterocycles. The molecule has 1 aliphatic rings. The van der Waals surface area contributed by atoms with Crippen LogP contribution in [-0.4, -0.2) is 38.9 Å². The summed E-state index contributed by atoms with van der Waals surface area (Å²) in [6.07, 6.45) is 0.634. The van der Waals surface area contributed by atoms with E-state index in [-0.39, 0.29) is 10.8 Å². The minimum atomic E-state index is -3.73. The summed E-state index contributed by atoms with van der Waals surface area (Å²) >= 11 is 0. The first-order chi connectivity index (χ1) is 12.4. The molecule has 0 aliphatic carbocycles. The summed E-state index contributed by atoms with van der Waals surface area (Å²) in [5.74, 6) is 0.0184. The van der Waals surface area contributed by atoms with Crippen molar-refractivity contribution in [2.75, 3.05) is 24.5 Å². The van der Waals surface area contributed by atoms with E-state index in [9.17, 15) is 13.2 Å². The second-order valence-electron chi connectivity index (χ2n) is 6.42. The Morgan fingerprint density at radius 1 is 1.19 bits per heavy atom. The molecule has 7 heteroatoms. The summed E-state index contributed by atoms with van der Waals surface area (Å²) in [4.78, 5) is 16.7. The lowest BCUT2D eigenvalue weighted by molar-refractivity contribution is -0.119. The van der Waals surface area contributed by atoms with Gasteiger partial charge in [0.2, 0.25) is 15.9 Å². The molecule has 1 amide bonds. The van der Waals surface area contributed by atoms with E-state index in [4.69, 9.17) is 5.14 Å². The number of sulfonamides is 1. The summed E-state index contributed by atoms with van der Waals surface area (Å²) in [5, 5.41) is 5.19. The first-order valence-corrected chi connectivity index (χ1v) is 10.2. The predicted molar refractivity (Wildman–Crippen MR) is 101 cm³/mol. The molecule has 26 heavy (non-hydrogen) atoms. The van der Waals surface area contributed by atoms with Gasteiger partial charge in [-0.05, 0) is 42.3 Å². The van der Waals surface area contributed by atoms with Gasteiger partial charge in [-0.3, -0.25) is 9.69 Å². The molecule has 1 heterocycles. The Kier molecular flexibility index (Phi) is 5.41. The Balaban J connectivity index is 1.72. The van der Waals surface area contributed by atoms with Gasteiger partial charge in [-0.1, -0.05) is 37.3 Å². The highest BCUT2D eigenvalue weighted by atomic mass is 32.2. The van der Waals surface area contributed by atoms with E-state index in [1.165, 1.54) is 11.6 Å². The molecular weight excluding hydrogens is 350 g/mol. The first-order valence-electron chi connectivity index (χ1n) is 8.61. The van der Waals surface area contributed by atoms with Gasteiger partial charge in [0.15, 0.2) is 0 Å². The van der Waals surface area contributed by atoms with Gasteiger partial charge in [0.05, 0.1) is 11.4 Å². The molecule has 0 atom stereocenters. The van der Waals surface area contributed by atoms with Gasteiger partial charge >= 0.3 is 0 Å². The molecule has 0 fully saturated rings. The molecule has 2 aromatic rings. The average Bonchev–Trinajstić information content (AvgIpc) is 3.04. The molecule has 3 rings (SSSR count). The number of nitrogens with zero attached hydrogens (tertiary/aromatic N) is 2. The third-order valence-corrected chi connectivity index (χ3v) is 5.54. The van der Waals surface area contributed by atoms with Crippen molar-refractivity contribution in [3.05, 3.63) is 59.7 Å². The minimum Gasteiger partial charge on any atom is -0.311 e. The Morgan fingerprint density at radius 3 is 2.58 bits per heavy atom. The van der Waals surface area contributed by atoms with Crippen LogP contribution in [0.3, 0.4) is 0 Å². The molecule has 6 nitrogen and oxygen atoms in total. The van der Waals surface area contributed by atoms with Gasteiger partial charge in [0, 0.05) is 18.8 Å². The van der Waals surface area contributed by atoms with Crippen molar-refractivity contribution >= 4 is 21.6 Å². The number of rotatable bonds is 6. The number of hydrogen-bond acceptors (Lipinski definition) is 4. The molecule has 0 saturated carbocycles. The van der Waals surface area contributed by atoms with Gasteiger partial charge in [-0.2, -0.15) is 0 Å². The van der Waals surface area contributed by atoms with Crippen molar-refractivity contribution in [1.82, 2.24) is 4.90 Å². The van der Waals surface area contributed by atoms with Crippen LogP contribution in [0.4, 0.5) is 5.69 Å². The lowest BCUT2D eigenvalue weighted by atomic mass is 10.2. The fraction of sp³-hybridized carbons (Fsp3) is 0.316. The summed E-state index contributed by atoms with van der Waals surface area (Å²) in [7, 11) is -3.73. The van der Waals surface area contributed by atoms with Crippen LogP contribution in [0.1, 0.15) is 18.1 Å². The maximum absolute atomic E-state index is 12.8. The van der Waals surface area contributed by atoms with Crippen LogP contribution in [-0.2, 0) is 27.8 Å². The third-order valence-electron chi connectivity index (χ3n) is 4.63. The molecule has 138 valence electrons. The second kappa shape index (κ2) is 7.57. The van der Waals surface area contributed by atoms with E-state index in [0.717, 1.165) is 17.8 Å². The molecular formula is C19H23N3O3S. The van der Waals surface area contributed by atoms with Crippen molar-refractivity contribution in [3.63, 3.8) is 0 Å². The quantitative estimate of drug-likeness (QED) is 0.836. The number of carbonyl (C=O) groups excluding carboxylic acids is 1. The van der Waals surface area contributed by atoms with Crippen LogP contribution in [0.2, 0.25) is 0 Å². The summed E-state index contributed by atoms with van der Waals surface area (Å²) in [6.45, 7) is 4.40. The molecule has 2 aromatic carbocycles. The first kappa shape index (κ1) is 18.6. The number of hydrogen-bond donors (Lipinski definition) is 1. The molecule has 0 aromatic heterocycles. The van der Waals surface area contributed by atoms with E-state index in [1.54, 1.807) is 17.0 Å². The number of anilines is 1. The predicted octanol–water partition coefficient (Wildman–Crippen LogP) is 1.75. The maximum Gasteiger partial charge on any atom is 0.241 e. The molecule has 0 spiro atoms. The number of amides is 1. The molecule has 1 aliphatic heterocycles. The third kappa shape index (κ3) is 4.12. The van der Waals surface area contributed by atoms with Crippen molar-refractivity contribution < 1.29 is 13.2 Å². The summed E-state index contributed by atoms with van der Waals surface area (Å²) in [5.41, 5.74) is 2.79. The van der Waals surface area contributed by atoms with Crippen molar-refractivity contribution in [2.24, 2.45) is 5.14 Å². The van der Waals surface area contributed by atoms with Gasteiger partial charge in [0.1, 0.15) is 0 Å². The number of likely N-dealkylation sites (N-methyl/N-ethyl adjacent to an activating group) is 1. The SMILES string of the molecule is CCN(CC(=O)N1CCc2cc(S(N)(=O)=O)ccc21)Cc1ccccc1. The molecule has 0 unspecified atom stereocenters. The molecule has 0 radical (unpaired) electrons. The van der Waals surface area contributed by atoms with Crippen molar-refractivity contribution in [1.29, 1.82) is 0 Å². The Labute approximate surface area is 154 Å². The summed E-state index contributed by atoms with van der Waals surface area (Å²) in [6, 6.07) is 14.8. The van der Waals surface area contributed by atoms with Crippen molar-refractivity contribution in [3.8, 4) is 0 Å². The van der Waals surface area contributed by atoms with Gasteiger partial charge in [0.25, 0.3) is 0 Å². The highest BCUT2D eigenvalue weighted by Crippen LogP contribution is 2.30. The topological polar surface area (TPSA) is 83.7 Å². The molecule has 0 bridgehead atoms. The van der Waals surface area contributed by atoms with Crippen LogP contribution < -0.4 is 10.0 Å². The van der Waals surface area contributed by atoms with Crippen LogP contribution in [0.15, 0.2) is 53.4 Å². The van der Waals surface area contributed by atoms with Crippen LogP contribution in [0.25, 0.3) is 0 Å². The van der Waals surface area contributed by atoms with E-state index in [2.05, 4.69) is 4.90 Å². The van der Waals surface area contributed by atoms with E-state index < -0.39 is 10.0 Å². The van der Waals surface area contributed by atoms with Gasteiger partial charge < -0.3 is 4.90 Å². The number of nitrogens with two attached hydrogens (primary N) is 1. The maximum atomic E-state index is 12.8. The number of fused-ring (bicyclic) bond motifs is 1. The average molecular weight is 373 g/mol. The fourth-order valence-corrected chi connectivity index (χ4v) is 3.78. The standard InChI is InChI=1S/C19H23N3O3S/c1-2-21(13-15-6-4-3-5-7-15)14-19(23)22-11-10-16-12-17(26(20,24)25)8-9-18(16)22/h3-9,12H,2,10-11,13-14H2,1H3,(H2,20,24,25). The van der Waals surface area contributed by atoms with Gasteiger partial charge in [-0.25, -0.2) is 13.6 Å². The largest absolute Gasteiger partial charge is 0.311 e. The zero-order chi connectivity index (χ0) is 18.7. The zero-order valence-corrected chi connectivity index (χ0v) is 15.6. The number of primary sulfonamides is 1. The van der Waals surface area contributed by atoms with Crippen LogP contribution >= 0.6 is 0 Å². The lowest BCUT2D eigenvalue weighted by Crippen LogP contribution is -2.39. The Bertz CT molecular complexity index is 898. The van der Waals surface area contributed by atoms with Crippen molar-refractivity contribution in [2.45, 2.75) is 24.8 Å². The normalized spacial score (nSPS) is 13.9. The van der Waals surface area contributed by atoms with E-state index in [1.807, 2.05) is 37.3 Å². The van der Waals surface area contributed by atoms with Gasteiger partial charge in [-0.15, -0.1) is 0 Å². The highest BCUT2D eigenvalue weighted by molar-refractivity contribution is 7.89. The Hall–Kier alpha value is -2.22. The number of benzene rings is 2. The lowest BCUT2D eigenvalue weighted by Gasteiger charge is -2.24. The minimum absolute atomic E-state index is 0.0184. The van der Waals surface area contributed by atoms with Crippen LogP contribution in [0, 0.1) is 0 Å². The Morgan fingerprint density at radius 2 is 1.92 bits per heavy atom. The van der Waals surface area contributed by atoms with Crippen LogP contribution in [0.5, 0.6) is 0 Å². The van der Waals surface area contributed by atoms with E-state index in [0.29, 0.717) is 26.1 Å². The highest BCUT2D eigenvalue weighted by Gasteiger charge is 2.26. The number of carbonyl (C=O) groups is 1. The van der Waals surface area contributed by atoms with E-state index >= 15 is 0 Å². The summed E-state index contributed by atoms with van der Waals surface area (Å²) < 4.78 is 23.0.